The molecule has 0 unspecified atom stereocenters. The van der Waals surface area contributed by atoms with Crippen molar-refractivity contribution in [2.45, 2.75) is 17.4 Å². The lowest BCUT2D eigenvalue weighted by molar-refractivity contribution is -0.126. The Hall–Kier alpha value is -1.11. The first kappa shape index (κ1) is 13.3. The zero-order chi connectivity index (χ0) is 13.3. The fourth-order valence-corrected chi connectivity index (χ4v) is 3.63. The number of rotatable bonds is 3. The van der Waals surface area contributed by atoms with E-state index >= 15 is 0 Å². The predicted molar refractivity (Wildman–Crippen MR) is 67.8 cm³/mol. The Morgan fingerprint density at radius 3 is 2.61 bits per heavy atom. The van der Waals surface area contributed by atoms with E-state index in [2.05, 4.69) is 4.72 Å². The Bertz CT molecular complexity index is 573. The fraction of sp³-hybridized carbons (Fsp3) is 0.364. The second kappa shape index (κ2) is 4.87. The standard InChI is InChI=1S/C11H13ClN2O3S/c1-14-7-8(6-11(14)15)13-18(16,17)10-5-3-2-4-9(10)12/h2-5,8,13H,6-7H2,1H3/t8-/m1/s1. The number of nitrogens with one attached hydrogen (secondary N) is 1. The first-order valence-electron chi connectivity index (χ1n) is 5.41. The second-order valence-electron chi connectivity index (χ2n) is 4.23. The van der Waals surface area contributed by atoms with Crippen molar-refractivity contribution >= 4 is 27.5 Å². The van der Waals surface area contributed by atoms with E-state index < -0.39 is 16.1 Å². The van der Waals surface area contributed by atoms with E-state index in [1.54, 1.807) is 19.2 Å². The first-order valence-corrected chi connectivity index (χ1v) is 7.27. The van der Waals surface area contributed by atoms with Gasteiger partial charge in [-0.05, 0) is 12.1 Å². The van der Waals surface area contributed by atoms with Crippen molar-refractivity contribution in [3.8, 4) is 0 Å². The highest BCUT2D eigenvalue weighted by Gasteiger charge is 2.31. The molecule has 1 atom stereocenters. The molecule has 1 N–H and O–H groups in total. The van der Waals surface area contributed by atoms with Gasteiger partial charge in [-0.15, -0.1) is 0 Å². The van der Waals surface area contributed by atoms with Crippen molar-refractivity contribution in [1.82, 2.24) is 9.62 Å². The maximum absolute atomic E-state index is 12.1. The lowest BCUT2D eigenvalue weighted by Crippen LogP contribution is -2.36. The Morgan fingerprint density at radius 1 is 1.39 bits per heavy atom. The summed E-state index contributed by atoms with van der Waals surface area (Å²) in [6.07, 6.45) is 0.181. The Morgan fingerprint density at radius 2 is 2.06 bits per heavy atom. The highest BCUT2D eigenvalue weighted by molar-refractivity contribution is 7.89. The normalized spacial score (nSPS) is 20.4. The van der Waals surface area contributed by atoms with Gasteiger partial charge in [0.1, 0.15) is 4.90 Å². The number of nitrogens with zero attached hydrogens (tertiary/aromatic N) is 1. The minimum atomic E-state index is -3.68. The number of likely N-dealkylation sites (N-methyl/N-ethyl adjacent to an activating group) is 1. The summed E-state index contributed by atoms with van der Waals surface area (Å²) in [5.41, 5.74) is 0. The quantitative estimate of drug-likeness (QED) is 0.897. The minimum Gasteiger partial charge on any atom is -0.344 e. The summed E-state index contributed by atoms with van der Waals surface area (Å²) in [5.74, 6) is -0.0677. The van der Waals surface area contributed by atoms with Crippen LogP contribution in [0.5, 0.6) is 0 Å². The molecule has 0 aromatic heterocycles. The topological polar surface area (TPSA) is 66.5 Å². The summed E-state index contributed by atoms with van der Waals surface area (Å²) in [6, 6.07) is 5.82. The molecule has 0 aliphatic carbocycles. The summed E-state index contributed by atoms with van der Waals surface area (Å²) in [6.45, 7) is 0.377. The molecule has 5 nitrogen and oxygen atoms in total. The molecule has 1 saturated heterocycles. The van der Waals surface area contributed by atoms with E-state index in [1.807, 2.05) is 0 Å². The number of benzene rings is 1. The highest BCUT2D eigenvalue weighted by Crippen LogP contribution is 2.21. The summed E-state index contributed by atoms with van der Waals surface area (Å²) in [7, 11) is -2.04. The van der Waals surface area contributed by atoms with Crippen LogP contribution < -0.4 is 4.72 Å². The molecule has 98 valence electrons. The zero-order valence-corrected chi connectivity index (χ0v) is 11.3. The predicted octanol–water partition coefficient (Wildman–Crippen LogP) is 0.849. The van der Waals surface area contributed by atoms with Crippen molar-refractivity contribution < 1.29 is 13.2 Å². The molecule has 0 spiro atoms. The minimum absolute atomic E-state index is 0.0358. The van der Waals surface area contributed by atoms with Gasteiger partial charge in [0, 0.05) is 26.1 Å². The van der Waals surface area contributed by atoms with Gasteiger partial charge in [0.15, 0.2) is 0 Å². The molecule has 1 aromatic rings. The molecular formula is C11H13ClN2O3S. The molecule has 0 radical (unpaired) electrons. The summed E-state index contributed by atoms with van der Waals surface area (Å²) in [4.78, 5) is 12.9. The van der Waals surface area contributed by atoms with Gasteiger partial charge in [0.2, 0.25) is 15.9 Å². The molecule has 1 heterocycles. The van der Waals surface area contributed by atoms with Gasteiger partial charge >= 0.3 is 0 Å². The Labute approximate surface area is 111 Å². The van der Waals surface area contributed by atoms with E-state index in [0.717, 1.165) is 0 Å². The number of amides is 1. The average molecular weight is 289 g/mol. The molecule has 0 bridgehead atoms. The molecule has 1 aromatic carbocycles. The Kier molecular flexibility index (Phi) is 3.61. The third-order valence-corrected chi connectivity index (χ3v) is 4.81. The van der Waals surface area contributed by atoms with Gasteiger partial charge in [-0.3, -0.25) is 4.79 Å². The van der Waals surface area contributed by atoms with Crippen molar-refractivity contribution in [1.29, 1.82) is 0 Å². The molecule has 1 fully saturated rings. The SMILES string of the molecule is CN1C[C@H](NS(=O)(=O)c2ccccc2Cl)CC1=O. The van der Waals surface area contributed by atoms with Crippen molar-refractivity contribution in [2.24, 2.45) is 0 Å². The van der Waals surface area contributed by atoms with Crippen LogP contribution in [0.2, 0.25) is 5.02 Å². The van der Waals surface area contributed by atoms with Crippen LogP contribution in [-0.2, 0) is 14.8 Å². The van der Waals surface area contributed by atoms with E-state index in [9.17, 15) is 13.2 Å². The van der Waals surface area contributed by atoms with Crippen molar-refractivity contribution in [2.75, 3.05) is 13.6 Å². The van der Waals surface area contributed by atoms with Crippen LogP contribution in [0.3, 0.4) is 0 Å². The largest absolute Gasteiger partial charge is 0.344 e. The molecule has 18 heavy (non-hydrogen) atoms. The smallest absolute Gasteiger partial charge is 0.242 e. The van der Waals surface area contributed by atoms with Gasteiger partial charge in [-0.1, -0.05) is 23.7 Å². The van der Waals surface area contributed by atoms with Crippen molar-refractivity contribution in [3.05, 3.63) is 29.3 Å². The average Bonchev–Trinajstić information content (AvgIpc) is 2.57. The molecule has 2 rings (SSSR count). The van der Waals surface area contributed by atoms with Crippen LogP contribution in [0.15, 0.2) is 29.2 Å². The molecule has 1 aliphatic rings. The number of sulfonamides is 1. The summed E-state index contributed by atoms with van der Waals surface area (Å²) >= 11 is 5.86. The third kappa shape index (κ3) is 2.66. The third-order valence-electron chi connectivity index (χ3n) is 2.79. The molecule has 0 saturated carbocycles. The van der Waals surface area contributed by atoms with E-state index in [0.29, 0.717) is 6.54 Å². The molecular weight excluding hydrogens is 276 g/mol. The summed E-state index contributed by atoms with van der Waals surface area (Å²) < 4.78 is 26.7. The van der Waals surface area contributed by atoms with Gasteiger partial charge in [-0.2, -0.15) is 0 Å². The van der Waals surface area contributed by atoms with E-state index in [-0.39, 0.29) is 22.2 Å². The van der Waals surface area contributed by atoms with Crippen LogP contribution in [0.25, 0.3) is 0 Å². The summed E-state index contributed by atoms with van der Waals surface area (Å²) in [5, 5.41) is 0.169. The molecule has 1 amide bonds. The number of likely N-dealkylation sites (tertiary alicyclic amines) is 1. The lowest BCUT2D eigenvalue weighted by atomic mass is 10.3. The Balaban J connectivity index is 2.19. The van der Waals surface area contributed by atoms with Gasteiger partial charge in [-0.25, -0.2) is 13.1 Å². The number of carbonyl (C=O) groups is 1. The van der Waals surface area contributed by atoms with Crippen molar-refractivity contribution in [3.63, 3.8) is 0 Å². The van der Waals surface area contributed by atoms with Crippen LogP contribution >= 0.6 is 11.6 Å². The van der Waals surface area contributed by atoms with Gasteiger partial charge < -0.3 is 4.90 Å². The van der Waals surface area contributed by atoms with Gasteiger partial charge in [0.25, 0.3) is 0 Å². The zero-order valence-electron chi connectivity index (χ0n) is 9.76. The van der Waals surface area contributed by atoms with E-state index in [1.165, 1.54) is 17.0 Å². The number of halogens is 1. The van der Waals surface area contributed by atoms with E-state index in [4.69, 9.17) is 11.6 Å². The fourth-order valence-electron chi connectivity index (χ4n) is 1.89. The maximum Gasteiger partial charge on any atom is 0.242 e. The number of hydrogen-bond donors (Lipinski definition) is 1. The van der Waals surface area contributed by atoms with Crippen LogP contribution in [0.1, 0.15) is 6.42 Å². The maximum atomic E-state index is 12.1. The van der Waals surface area contributed by atoms with Crippen LogP contribution in [0, 0.1) is 0 Å². The number of hydrogen-bond acceptors (Lipinski definition) is 3. The monoisotopic (exact) mass is 288 g/mol. The molecule has 7 heteroatoms. The number of carbonyl (C=O) groups excluding carboxylic acids is 1. The molecule has 1 aliphatic heterocycles. The van der Waals surface area contributed by atoms with Crippen LogP contribution in [0.4, 0.5) is 0 Å². The highest BCUT2D eigenvalue weighted by atomic mass is 35.5. The van der Waals surface area contributed by atoms with Crippen LogP contribution in [-0.4, -0.2) is 38.9 Å². The lowest BCUT2D eigenvalue weighted by Gasteiger charge is -2.13. The van der Waals surface area contributed by atoms with Gasteiger partial charge in [0.05, 0.1) is 5.02 Å². The first-order chi connectivity index (χ1) is 8.40. The second-order valence-corrected chi connectivity index (χ2v) is 6.32.